The number of fused-ring (bicyclic) bond motifs is 1. The smallest absolute Gasteiger partial charge is 0.306 e. The van der Waals surface area contributed by atoms with Gasteiger partial charge in [0.15, 0.2) is 5.78 Å². The predicted molar refractivity (Wildman–Crippen MR) is 117 cm³/mol. The summed E-state index contributed by atoms with van der Waals surface area (Å²) in [5, 5.41) is 9.70. The number of carboxylic acid groups (broad SMARTS) is 1. The second-order valence-corrected chi connectivity index (χ2v) is 9.68. The molecule has 1 aromatic rings. The summed E-state index contributed by atoms with van der Waals surface area (Å²) in [5.74, 6) is -0.817. The molecule has 1 saturated carbocycles. The molecule has 2 N–H and O–H groups in total. The number of H-pyrrole nitrogens is 1. The maximum atomic E-state index is 13.6. The minimum Gasteiger partial charge on any atom is -0.481 e. The lowest BCUT2D eigenvalue weighted by molar-refractivity contribution is -0.141. The monoisotopic (exact) mass is 457 g/mol. The van der Waals surface area contributed by atoms with E-state index in [4.69, 9.17) is 34.8 Å². The minimum absolute atomic E-state index is 0.0859. The Bertz CT molecular complexity index is 873. The number of aromatic nitrogens is 1. The van der Waals surface area contributed by atoms with Crippen LogP contribution in [0.1, 0.15) is 50.5 Å². The number of halogens is 3. The number of aliphatic carboxylic acids is 1. The first-order valence-corrected chi connectivity index (χ1v) is 11.1. The lowest BCUT2D eigenvalue weighted by atomic mass is 9.66. The standard InChI is InChI=1S/C22H26Cl3NO3/c1-10(8-12(3)22(28)29)9-14-7-6-13-5-4-11(2)15(13)16(14)20(27)19-17(23)18(24)21(25)26-19/h6-7,9,11-16,26H,4-5,8H2,1-3H3,(H,28,29)/b10-9+. The van der Waals surface area contributed by atoms with Gasteiger partial charge in [-0.25, -0.2) is 0 Å². The molecule has 0 radical (unpaired) electrons. The van der Waals surface area contributed by atoms with Crippen molar-refractivity contribution in [3.63, 3.8) is 0 Å². The van der Waals surface area contributed by atoms with E-state index in [2.05, 4.69) is 24.1 Å². The molecular weight excluding hydrogens is 433 g/mol. The molecular formula is C22H26Cl3NO3. The molecule has 0 aromatic carbocycles. The fourth-order valence-corrected chi connectivity index (χ4v) is 5.61. The van der Waals surface area contributed by atoms with Crippen molar-refractivity contribution in [1.82, 2.24) is 4.98 Å². The average molecular weight is 459 g/mol. The SMILES string of the molecule is C/C(=C\C1C=CC2CCC(C)C2C1C(=O)c1[nH]c(Cl)c(Cl)c1Cl)CC(C)C(=O)O. The highest BCUT2D eigenvalue weighted by molar-refractivity contribution is 6.49. The van der Waals surface area contributed by atoms with Gasteiger partial charge in [-0.2, -0.15) is 0 Å². The van der Waals surface area contributed by atoms with Crippen molar-refractivity contribution in [3.8, 4) is 0 Å². The van der Waals surface area contributed by atoms with Gasteiger partial charge in [-0.3, -0.25) is 9.59 Å². The normalized spacial score (nSPS) is 30.3. The average Bonchev–Trinajstić information content (AvgIpc) is 3.16. The van der Waals surface area contributed by atoms with Gasteiger partial charge < -0.3 is 10.1 Å². The zero-order valence-corrected chi connectivity index (χ0v) is 19.0. The number of Topliss-reactive ketones (excluding diaryl/α,β-unsaturated/α-hetero) is 1. The first kappa shape index (κ1) is 22.5. The van der Waals surface area contributed by atoms with Gasteiger partial charge in [-0.05, 0) is 43.9 Å². The van der Waals surface area contributed by atoms with Crippen molar-refractivity contribution >= 4 is 46.6 Å². The summed E-state index contributed by atoms with van der Waals surface area (Å²) in [5.41, 5.74) is 1.22. The van der Waals surface area contributed by atoms with Crippen molar-refractivity contribution in [1.29, 1.82) is 0 Å². The predicted octanol–water partition coefficient (Wildman–Crippen LogP) is 6.68. The molecule has 0 bridgehead atoms. The number of ketones is 1. The van der Waals surface area contributed by atoms with Gasteiger partial charge in [-0.15, -0.1) is 0 Å². The Morgan fingerprint density at radius 1 is 1.24 bits per heavy atom. The molecule has 0 amide bonds. The molecule has 1 heterocycles. The van der Waals surface area contributed by atoms with Crippen LogP contribution < -0.4 is 0 Å². The first-order valence-electron chi connectivity index (χ1n) is 9.96. The molecule has 6 unspecified atom stereocenters. The Balaban J connectivity index is 1.98. The summed E-state index contributed by atoms with van der Waals surface area (Å²) < 4.78 is 0. The maximum absolute atomic E-state index is 13.6. The highest BCUT2D eigenvalue weighted by atomic mass is 35.5. The number of rotatable bonds is 6. The summed E-state index contributed by atoms with van der Waals surface area (Å²) in [6.07, 6.45) is 8.96. The van der Waals surface area contributed by atoms with Crippen LogP contribution in [0.4, 0.5) is 0 Å². The van der Waals surface area contributed by atoms with Crippen LogP contribution >= 0.6 is 34.8 Å². The fraction of sp³-hybridized carbons (Fsp3) is 0.545. The number of allylic oxidation sites excluding steroid dienone is 4. The number of hydrogen-bond acceptors (Lipinski definition) is 2. The Kier molecular flexibility index (Phi) is 6.87. The molecule has 2 aliphatic carbocycles. The van der Waals surface area contributed by atoms with Crippen molar-refractivity contribution in [2.24, 2.45) is 35.5 Å². The molecule has 7 heteroatoms. The molecule has 158 valence electrons. The lowest BCUT2D eigenvalue weighted by Gasteiger charge is -2.36. The van der Waals surface area contributed by atoms with E-state index in [0.29, 0.717) is 18.3 Å². The third-order valence-corrected chi connectivity index (χ3v) is 7.67. The number of hydrogen-bond donors (Lipinski definition) is 2. The number of carbonyl (C=O) groups is 2. The molecule has 1 fully saturated rings. The van der Waals surface area contributed by atoms with Crippen molar-refractivity contribution in [2.45, 2.75) is 40.0 Å². The van der Waals surface area contributed by atoms with Gasteiger partial charge in [0.1, 0.15) is 10.8 Å². The highest BCUT2D eigenvalue weighted by Gasteiger charge is 2.46. The largest absolute Gasteiger partial charge is 0.481 e. The molecule has 6 atom stereocenters. The van der Waals surface area contributed by atoms with E-state index in [0.717, 1.165) is 18.4 Å². The van der Waals surface area contributed by atoms with Crippen molar-refractivity contribution in [3.05, 3.63) is 44.7 Å². The quantitative estimate of drug-likeness (QED) is 0.369. The van der Waals surface area contributed by atoms with Crippen LogP contribution in [0.15, 0.2) is 23.8 Å². The van der Waals surface area contributed by atoms with Crippen LogP contribution in [0.2, 0.25) is 15.2 Å². The number of nitrogens with one attached hydrogen (secondary N) is 1. The maximum Gasteiger partial charge on any atom is 0.306 e. The third kappa shape index (κ3) is 4.45. The van der Waals surface area contributed by atoms with Crippen LogP contribution in [-0.2, 0) is 4.79 Å². The minimum atomic E-state index is -0.823. The van der Waals surface area contributed by atoms with Crippen molar-refractivity contribution < 1.29 is 14.7 Å². The molecule has 1 aromatic heterocycles. The molecule has 0 spiro atoms. The number of carbonyl (C=O) groups excluding carboxylic acids is 1. The Hall–Kier alpha value is -1.23. The van der Waals surface area contributed by atoms with Crippen LogP contribution in [0.25, 0.3) is 0 Å². The Labute approximate surface area is 186 Å². The zero-order chi connectivity index (χ0) is 21.5. The van der Waals surface area contributed by atoms with Gasteiger partial charge in [-0.1, -0.05) is 72.5 Å². The van der Waals surface area contributed by atoms with Crippen LogP contribution in [0.3, 0.4) is 0 Å². The second-order valence-electron chi connectivity index (χ2n) is 8.55. The van der Waals surface area contributed by atoms with Crippen molar-refractivity contribution in [2.75, 3.05) is 0 Å². The molecule has 0 saturated heterocycles. The van der Waals surface area contributed by atoms with Gasteiger partial charge in [0.25, 0.3) is 0 Å². The summed E-state index contributed by atoms with van der Waals surface area (Å²) in [7, 11) is 0. The molecule has 2 aliphatic rings. The van der Waals surface area contributed by atoms with Gasteiger partial charge in [0.05, 0.1) is 16.0 Å². The fourth-order valence-electron chi connectivity index (χ4n) is 4.99. The van der Waals surface area contributed by atoms with Crippen LogP contribution in [-0.4, -0.2) is 21.8 Å². The molecule has 4 nitrogen and oxygen atoms in total. The van der Waals surface area contributed by atoms with E-state index in [1.165, 1.54) is 0 Å². The summed E-state index contributed by atoms with van der Waals surface area (Å²) in [4.78, 5) is 27.7. The van der Waals surface area contributed by atoms with Crippen LogP contribution in [0.5, 0.6) is 0 Å². The van der Waals surface area contributed by atoms with Gasteiger partial charge >= 0.3 is 5.97 Å². The van der Waals surface area contributed by atoms with E-state index in [1.54, 1.807) is 6.92 Å². The van der Waals surface area contributed by atoms with Crippen LogP contribution in [0, 0.1) is 35.5 Å². The summed E-state index contributed by atoms with van der Waals surface area (Å²) in [6.45, 7) is 5.81. The Morgan fingerprint density at radius 3 is 2.52 bits per heavy atom. The molecule has 0 aliphatic heterocycles. The first-order chi connectivity index (χ1) is 13.6. The summed E-state index contributed by atoms with van der Waals surface area (Å²) in [6, 6.07) is 0. The molecule has 3 rings (SSSR count). The topological polar surface area (TPSA) is 70.2 Å². The Morgan fingerprint density at radius 2 is 1.93 bits per heavy atom. The third-order valence-electron chi connectivity index (χ3n) is 6.43. The van der Waals surface area contributed by atoms with E-state index >= 15 is 0 Å². The van der Waals surface area contributed by atoms with Gasteiger partial charge in [0, 0.05) is 11.8 Å². The summed E-state index contributed by atoms with van der Waals surface area (Å²) >= 11 is 18.5. The zero-order valence-electron chi connectivity index (χ0n) is 16.7. The number of aromatic amines is 1. The lowest BCUT2D eigenvalue weighted by Crippen LogP contribution is -2.37. The van der Waals surface area contributed by atoms with E-state index in [9.17, 15) is 14.7 Å². The van der Waals surface area contributed by atoms with E-state index in [-0.39, 0.29) is 44.4 Å². The van der Waals surface area contributed by atoms with E-state index in [1.807, 2.05) is 13.0 Å². The molecule has 29 heavy (non-hydrogen) atoms. The number of carboxylic acids is 1. The highest BCUT2D eigenvalue weighted by Crippen LogP contribution is 2.50. The second kappa shape index (κ2) is 8.87. The van der Waals surface area contributed by atoms with Gasteiger partial charge in [0.2, 0.25) is 0 Å². The van der Waals surface area contributed by atoms with E-state index < -0.39 is 11.9 Å².